The predicted octanol–water partition coefficient (Wildman–Crippen LogP) is 6.12. The van der Waals surface area contributed by atoms with Crippen LogP contribution in [0.3, 0.4) is 0 Å². The Morgan fingerprint density at radius 1 is 0.750 bits per heavy atom. The molecule has 0 rings (SSSR count). The van der Waals surface area contributed by atoms with Gasteiger partial charge in [0, 0.05) is 0 Å². The molecule has 0 nitrogen and oxygen atoms in total. The van der Waals surface area contributed by atoms with Crippen LogP contribution in [-0.2, 0) is 0 Å². The van der Waals surface area contributed by atoms with Gasteiger partial charge in [-0.05, 0) is 31.6 Å². The fraction of sp³-hybridized carbons (Fsp3) is 0.875. The molecule has 0 amide bonds. The second-order valence-corrected chi connectivity index (χ2v) is 5.15. The molecular formula is C16H32. The molecule has 0 aliphatic heterocycles. The first kappa shape index (κ1) is 15.7. The first-order valence-electron chi connectivity index (χ1n) is 7.46. The number of unbranched alkanes of at least 4 members (excludes halogenated alkanes) is 5. The fourth-order valence-electron chi connectivity index (χ4n) is 2.00. The van der Waals surface area contributed by atoms with Gasteiger partial charge in [-0.3, -0.25) is 0 Å². The summed E-state index contributed by atoms with van der Waals surface area (Å²) >= 11 is 0. The lowest BCUT2D eigenvalue weighted by molar-refractivity contribution is 0.475. The van der Waals surface area contributed by atoms with Crippen LogP contribution in [0.2, 0.25) is 0 Å². The SMILES string of the molecule is CCCCCCC=CCCC(C)CCCC. The van der Waals surface area contributed by atoms with Crippen molar-refractivity contribution in [3.63, 3.8) is 0 Å². The highest BCUT2D eigenvalue weighted by Gasteiger charge is 1.98. The first-order chi connectivity index (χ1) is 7.81. The molecule has 0 heterocycles. The second kappa shape index (κ2) is 12.8. The van der Waals surface area contributed by atoms with Gasteiger partial charge < -0.3 is 0 Å². The van der Waals surface area contributed by atoms with Crippen LogP contribution in [0.4, 0.5) is 0 Å². The average Bonchev–Trinajstić information content (AvgIpc) is 2.30. The lowest BCUT2D eigenvalue weighted by atomic mass is 9.99. The quantitative estimate of drug-likeness (QED) is 0.293. The molecule has 0 bridgehead atoms. The van der Waals surface area contributed by atoms with Gasteiger partial charge in [0.1, 0.15) is 0 Å². The normalized spacial score (nSPS) is 13.4. The molecule has 0 aromatic carbocycles. The minimum atomic E-state index is 0.921. The molecule has 1 unspecified atom stereocenters. The largest absolute Gasteiger partial charge is 0.0885 e. The molecule has 1 atom stereocenters. The summed E-state index contributed by atoms with van der Waals surface area (Å²) in [4.78, 5) is 0. The zero-order valence-corrected chi connectivity index (χ0v) is 11.8. The van der Waals surface area contributed by atoms with E-state index in [9.17, 15) is 0 Å². The lowest BCUT2D eigenvalue weighted by Gasteiger charge is -2.07. The topological polar surface area (TPSA) is 0 Å². The predicted molar refractivity (Wildman–Crippen MR) is 75.8 cm³/mol. The summed E-state index contributed by atoms with van der Waals surface area (Å²) in [7, 11) is 0. The molecule has 0 aromatic heterocycles. The van der Waals surface area contributed by atoms with E-state index in [1.54, 1.807) is 0 Å². The molecule has 16 heavy (non-hydrogen) atoms. The molecule has 0 heteroatoms. The molecule has 0 saturated heterocycles. The van der Waals surface area contributed by atoms with Crippen LogP contribution in [0.15, 0.2) is 12.2 Å². The van der Waals surface area contributed by atoms with Crippen LogP contribution in [0.5, 0.6) is 0 Å². The third-order valence-corrected chi connectivity index (χ3v) is 3.27. The Bertz CT molecular complexity index is 146. The van der Waals surface area contributed by atoms with E-state index in [4.69, 9.17) is 0 Å². The Kier molecular flexibility index (Phi) is 12.6. The van der Waals surface area contributed by atoms with E-state index in [1.165, 1.54) is 64.2 Å². The molecule has 0 N–H and O–H groups in total. The number of hydrogen-bond donors (Lipinski definition) is 0. The zero-order chi connectivity index (χ0) is 12.1. The third-order valence-electron chi connectivity index (χ3n) is 3.27. The summed E-state index contributed by atoms with van der Waals surface area (Å²) in [6.45, 7) is 6.95. The monoisotopic (exact) mass is 224 g/mol. The minimum absolute atomic E-state index is 0.921. The maximum atomic E-state index is 2.40. The van der Waals surface area contributed by atoms with Gasteiger partial charge in [0.05, 0.1) is 0 Å². The van der Waals surface area contributed by atoms with E-state index in [1.807, 2.05) is 0 Å². The number of rotatable bonds is 11. The standard InChI is InChI=1S/C16H32/c1-4-6-8-9-10-11-12-13-15-16(3)14-7-5-2/h11-12,16H,4-10,13-15H2,1-3H3. The highest BCUT2D eigenvalue weighted by Crippen LogP contribution is 2.14. The van der Waals surface area contributed by atoms with E-state index in [0.717, 1.165) is 5.92 Å². The van der Waals surface area contributed by atoms with E-state index < -0.39 is 0 Å². The average molecular weight is 224 g/mol. The van der Waals surface area contributed by atoms with Gasteiger partial charge in [-0.25, -0.2) is 0 Å². The van der Waals surface area contributed by atoms with Crippen molar-refractivity contribution in [3.05, 3.63) is 12.2 Å². The van der Waals surface area contributed by atoms with Gasteiger partial charge in [-0.15, -0.1) is 0 Å². The van der Waals surface area contributed by atoms with Crippen LogP contribution in [0.1, 0.15) is 85.0 Å². The van der Waals surface area contributed by atoms with Gasteiger partial charge in [-0.2, -0.15) is 0 Å². The summed E-state index contributed by atoms with van der Waals surface area (Å²) in [6, 6.07) is 0. The highest BCUT2D eigenvalue weighted by molar-refractivity contribution is 4.81. The summed E-state index contributed by atoms with van der Waals surface area (Å²) in [5, 5.41) is 0. The van der Waals surface area contributed by atoms with Gasteiger partial charge in [0.25, 0.3) is 0 Å². The Hall–Kier alpha value is -0.260. The van der Waals surface area contributed by atoms with E-state index >= 15 is 0 Å². The van der Waals surface area contributed by atoms with Gasteiger partial charge in [-0.1, -0.05) is 71.4 Å². The Morgan fingerprint density at radius 2 is 1.44 bits per heavy atom. The Morgan fingerprint density at radius 3 is 2.12 bits per heavy atom. The lowest BCUT2D eigenvalue weighted by Crippen LogP contribution is -1.93. The van der Waals surface area contributed by atoms with Gasteiger partial charge >= 0.3 is 0 Å². The Balaban J connectivity index is 3.19. The molecule has 0 aliphatic rings. The van der Waals surface area contributed by atoms with Crippen molar-refractivity contribution in [1.82, 2.24) is 0 Å². The third kappa shape index (κ3) is 11.8. The number of hydrogen-bond acceptors (Lipinski definition) is 0. The maximum absolute atomic E-state index is 2.40. The van der Waals surface area contributed by atoms with Gasteiger partial charge in [0.2, 0.25) is 0 Å². The summed E-state index contributed by atoms with van der Waals surface area (Å²) in [6.07, 6.45) is 18.5. The molecule has 0 aromatic rings. The molecular weight excluding hydrogens is 192 g/mol. The van der Waals surface area contributed by atoms with Crippen LogP contribution < -0.4 is 0 Å². The molecule has 96 valence electrons. The summed E-state index contributed by atoms with van der Waals surface area (Å²) < 4.78 is 0. The van der Waals surface area contributed by atoms with Crippen molar-refractivity contribution in [2.75, 3.05) is 0 Å². The fourth-order valence-corrected chi connectivity index (χ4v) is 2.00. The van der Waals surface area contributed by atoms with Crippen LogP contribution >= 0.6 is 0 Å². The van der Waals surface area contributed by atoms with Crippen molar-refractivity contribution < 1.29 is 0 Å². The van der Waals surface area contributed by atoms with Crippen LogP contribution in [0.25, 0.3) is 0 Å². The highest BCUT2D eigenvalue weighted by atomic mass is 14.0. The van der Waals surface area contributed by atoms with Crippen LogP contribution in [0, 0.1) is 5.92 Å². The molecule has 0 radical (unpaired) electrons. The molecule has 0 aliphatic carbocycles. The van der Waals surface area contributed by atoms with Crippen molar-refractivity contribution in [3.8, 4) is 0 Å². The number of allylic oxidation sites excluding steroid dienone is 2. The van der Waals surface area contributed by atoms with E-state index in [2.05, 4.69) is 32.9 Å². The van der Waals surface area contributed by atoms with Crippen molar-refractivity contribution in [1.29, 1.82) is 0 Å². The second-order valence-electron chi connectivity index (χ2n) is 5.15. The van der Waals surface area contributed by atoms with Crippen molar-refractivity contribution in [2.24, 2.45) is 5.92 Å². The van der Waals surface area contributed by atoms with E-state index in [-0.39, 0.29) is 0 Å². The van der Waals surface area contributed by atoms with Crippen molar-refractivity contribution in [2.45, 2.75) is 85.0 Å². The molecule has 0 saturated carbocycles. The van der Waals surface area contributed by atoms with Crippen molar-refractivity contribution >= 4 is 0 Å². The molecule has 0 spiro atoms. The van der Waals surface area contributed by atoms with Crippen LogP contribution in [-0.4, -0.2) is 0 Å². The molecule has 0 fully saturated rings. The maximum Gasteiger partial charge on any atom is -0.0348 e. The summed E-state index contributed by atoms with van der Waals surface area (Å²) in [5.41, 5.74) is 0. The minimum Gasteiger partial charge on any atom is -0.0885 e. The van der Waals surface area contributed by atoms with E-state index in [0.29, 0.717) is 0 Å². The summed E-state index contributed by atoms with van der Waals surface area (Å²) in [5.74, 6) is 0.921. The smallest absolute Gasteiger partial charge is 0.0348 e. The van der Waals surface area contributed by atoms with Gasteiger partial charge in [0.15, 0.2) is 0 Å². The first-order valence-corrected chi connectivity index (χ1v) is 7.46. The Labute approximate surface area is 104 Å². The zero-order valence-electron chi connectivity index (χ0n) is 11.8.